The highest BCUT2D eigenvalue weighted by molar-refractivity contribution is 7.89. The van der Waals surface area contributed by atoms with E-state index in [1.54, 1.807) is 32.0 Å². The Morgan fingerprint density at radius 3 is 2.24 bits per heavy atom. The number of methoxy groups -OCH3 is 2. The van der Waals surface area contributed by atoms with E-state index in [4.69, 9.17) is 9.47 Å². The first-order valence-electron chi connectivity index (χ1n) is 11.6. The fraction of sp³-hybridized carbons (Fsp3) is 0.440. The van der Waals surface area contributed by atoms with Crippen molar-refractivity contribution in [3.8, 4) is 11.5 Å². The molecule has 0 aliphatic carbocycles. The third-order valence-electron chi connectivity index (χ3n) is 6.77. The van der Waals surface area contributed by atoms with Crippen LogP contribution in [0.1, 0.15) is 37.8 Å². The van der Waals surface area contributed by atoms with Crippen molar-refractivity contribution < 1.29 is 35.9 Å². The van der Waals surface area contributed by atoms with E-state index in [0.29, 0.717) is 41.7 Å². The van der Waals surface area contributed by atoms with Gasteiger partial charge in [0, 0.05) is 18.7 Å². The van der Waals surface area contributed by atoms with Gasteiger partial charge < -0.3 is 9.47 Å². The second kappa shape index (κ2) is 9.64. The summed E-state index contributed by atoms with van der Waals surface area (Å²) in [5.41, 5.74) is -0.702. The number of benzene rings is 2. The van der Waals surface area contributed by atoms with Crippen molar-refractivity contribution in [2.45, 2.75) is 43.8 Å². The molecule has 0 radical (unpaired) electrons. The van der Waals surface area contributed by atoms with Gasteiger partial charge in [0.25, 0.3) is 5.91 Å². The number of hydrogen-bond donors (Lipinski definition) is 0. The van der Waals surface area contributed by atoms with Gasteiger partial charge in [0.2, 0.25) is 10.0 Å². The van der Waals surface area contributed by atoms with Gasteiger partial charge in [0.1, 0.15) is 0 Å². The molecule has 0 aromatic heterocycles. The van der Waals surface area contributed by atoms with Crippen LogP contribution in [0.15, 0.2) is 52.5 Å². The minimum Gasteiger partial charge on any atom is -0.493 e. The molecule has 0 N–H and O–H groups in total. The van der Waals surface area contributed by atoms with Crippen LogP contribution in [0.25, 0.3) is 0 Å². The summed E-state index contributed by atoms with van der Waals surface area (Å²) < 4.78 is 77.2. The Kier molecular flexibility index (Phi) is 7.02. The fourth-order valence-electron chi connectivity index (χ4n) is 4.62. The van der Waals surface area contributed by atoms with Gasteiger partial charge in [0.05, 0.1) is 41.8 Å². The third-order valence-corrected chi connectivity index (χ3v) is 8.66. The van der Waals surface area contributed by atoms with Gasteiger partial charge in [0.15, 0.2) is 11.5 Å². The number of ether oxygens (including phenoxy) is 2. The summed E-state index contributed by atoms with van der Waals surface area (Å²) in [6.07, 6.45) is -4.06. The topological polar surface area (TPSA) is 88.5 Å². The Morgan fingerprint density at radius 1 is 1.00 bits per heavy atom. The largest absolute Gasteiger partial charge is 0.493 e. The Labute approximate surface area is 213 Å². The number of hydrogen-bond acceptors (Lipinski definition) is 6. The van der Waals surface area contributed by atoms with Crippen LogP contribution in [0.2, 0.25) is 0 Å². The average Bonchev–Trinajstić information content (AvgIpc) is 3.11. The van der Waals surface area contributed by atoms with E-state index < -0.39 is 32.1 Å². The lowest BCUT2D eigenvalue weighted by molar-refractivity contribution is -0.138. The molecule has 200 valence electrons. The molecule has 8 nitrogen and oxygen atoms in total. The number of amides is 1. The van der Waals surface area contributed by atoms with Crippen molar-refractivity contribution in [2.24, 2.45) is 10.5 Å². The molecule has 12 heteroatoms. The molecule has 1 fully saturated rings. The third kappa shape index (κ3) is 4.91. The standard InChI is InChI=1S/C25H28F3N3O5S/c1-24(2)22(16-8-9-20(35-3)21(14-16)36-4)29-31(23(24)32)18-10-12-30(13-11-18)37(33,34)19-7-5-6-17(15-19)25(26,27)28/h5-9,14-15,18H,10-13H2,1-4H3. The zero-order chi connectivity index (χ0) is 27.2. The molecule has 2 aromatic carbocycles. The number of hydrazone groups is 1. The number of rotatable bonds is 6. The Morgan fingerprint density at radius 2 is 1.65 bits per heavy atom. The highest BCUT2D eigenvalue weighted by atomic mass is 32.2. The molecule has 2 aromatic rings. The van der Waals surface area contributed by atoms with Crippen LogP contribution in [0.5, 0.6) is 11.5 Å². The van der Waals surface area contributed by atoms with Gasteiger partial charge >= 0.3 is 6.18 Å². The normalized spacial score (nSPS) is 19.2. The van der Waals surface area contributed by atoms with E-state index in [-0.39, 0.29) is 25.0 Å². The predicted octanol–water partition coefficient (Wildman–Crippen LogP) is 4.15. The van der Waals surface area contributed by atoms with E-state index in [1.807, 2.05) is 0 Å². The summed E-state index contributed by atoms with van der Waals surface area (Å²) in [6, 6.07) is 8.65. The second-order valence-electron chi connectivity index (χ2n) is 9.45. The molecule has 2 aliphatic rings. The minimum atomic E-state index is -4.65. The molecular weight excluding hydrogens is 511 g/mol. The molecule has 1 saturated heterocycles. The van der Waals surface area contributed by atoms with E-state index in [2.05, 4.69) is 5.10 Å². The van der Waals surface area contributed by atoms with Crippen LogP contribution in [0, 0.1) is 5.41 Å². The van der Waals surface area contributed by atoms with Crippen LogP contribution in [-0.4, -0.2) is 62.7 Å². The lowest BCUT2D eigenvalue weighted by Gasteiger charge is -2.35. The van der Waals surface area contributed by atoms with Crippen molar-refractivity contribution in [2.75, 3.05) is 27.3 Å². The van der Waals surface area contributed by atoms with Crippen LogP contribution < -0.4 is 9.47 Å². The molecule has 4 rings (SSSR count). The molecule has 0 atom stereocenters. The number of piperidine rings is 1. The Bertz CT molecular complexity index is 1330. The summed E-state index contributed by atoms with van der Waals surface area (Å²) in [4.78, 5) is 12.9. The first-order chi connectivity index (χ1) is 17.3. The van der Waals surface area contributed by atoms with Crippen molar-refractivity contribution in [1.82, 2.24) is 9.31 Å². The first kappa shape index (κ1) is 26.9. The zero-order valence-corrected chi connectivity index (χ0v) is 21.7. The molecule has 1 amide bonds. The van der Waals surface area contributed by atoms with Gasteiger partial charge in [-0.05, 0) is 63.1 Å². The molecule has 0 bridgehead atoms. The second-order valence-corrected chi connectivity index (χ2v) is 11.4. The number of carbonyl (C=O) groups is 1. The number of nitrogens with zero attached hydrogens (tertiary/aromatic N) is 3. The maximum Gasteiger partial charge on any atom is 0.416 e. The molecule has 0 unspecified atom stereocenters. The summed E-state index contributed by atoms with van der Waals surface area (Å²) in [6.45, 7) is 3.65. The highest BCUT2D eigenvalue weighted by Crippen LogP contribution is 2.38. The van der Waals surface area contributed by atoms with Crippen molar-refractivity contribution in [1.29, 1.82) is 0 Å². The van der Waals surface area contributed by atoms with Crippen LogP contribution in [0.3, 0.4) is 0 Å². The number of sulfonamides is 1. The van der Waals surface area contributed by atoms with E-state index in [9.17, 15) is 26.4 Å². The SMILES string of the molecule is COc1ccc(C2=NN(C3CCN(S(=O)(=O)c4cccc(C(F)(F)F)c4)CC3)C(=O)C2(C)C)cc1OC. The van der Waals surface area contributed by atoms with Gasteiger partial charge in [-0.1, -0.05) is 6.07 Å². The summed E-state index contributed by atoms with van der Waals surface area (Å²) in [7, 11) is -1.08. The smallest absolute Gasteiger partial charge is 0.416 e. The lowest BCUT2D eigenvalue weighted by Crippen LogP contribution is -2.47. The Hall–Kier alpha value is -3.12. The molecule has 37 heavy (non-hydrogen) atoms. The number of alkyl halides is 3. The van der Waals surface area contributed by atoms with Crippen molar-refractivity contribution in [3.05, 3.63) is 53.6 Å². The van der Waals surface area contributed by atoms with Gasteiger partial charge in [-0.15, -0.1) is 0 Å². The van der Waals surface area contributed by atoms with E-state index in [1.165, 1.54) is 19.2 Å². The molecule has 0 spiro atoms. The highest BCUT2D eigenvalue weighted by Gasteiger charge is 2.47. The lowest BCUT2D eigenvalue weighted by atomic mass is 9.83. The molecule has 2 aliphatic heterocycles. The quantitative estimate of drug-likeness (QED) is 0.551. The van der Waals surface area contributed by atoms with E-state index >= 15 is 0 Å². The molecule has 2 heterocycles. The van der Waals surface area contributed by atoms with Gasteiger partial charge in [-0.25, -0.2) is 13.4 Å². The van der Waals surface area contributed by atoms with Gasteiger partial charge in [-0.2, -0.15) is 22.6 Å². The maximum atomic E-state index is 13.3. The molecular formula is C25H28F3N3O5S. The Balaban J connectivity index is 1.53. The van der Waals surface area contributed by atoms with Crippen LogP contribution in [-0.2, 0) is 21.0 Å². The summed E-state index contributed by atoms with van der Waals surface area (Å²) in [5.74, 6) is 0.828. The van der Waals surface area contributed by atoms with Crippen molar-refractivity contribution in [3.63, 3.8) is 0 Å². The first-order valence-corrected chi connectivity index (χ1v) is 13.1. The fourth-order valence-corrected chi connectivity index (χ4v) is 6.14. The van der Waals surface area contributed by atoms with Gasteiger partial charge in [-0.3, -0.25) is 4.79 Å². The monoisotopic (exact) mass is 539 g/mol. The minimum absolute atomic E-state index is 0.0503. The van der Waals surface area contributed by atoms with Crippen LogP contribution >= 0.6 is 0 Å². The number of halogens is 3. The molecule has 0 saturated carbocycles. The predicted molar refractivity (Wildman–Crippen MR) is 130 cm³/mol. The van der Waals surface area contributed by atoms with Crippen LogP contribution in [0.4, 0.5) is 13.2 Å². The summed E-state index contributed by atoms with van der Waals surface area (Å²) >= 11 is 0. The average molecular weight is 540 g/mol. The summed E-state index contributed by atoms with van der Waals surface area (Å²) in [5, 5.41) is 6.06. The van der Waals surface area contributed by atoms with E-state index in [0.717, 1.165) is 22.5 Å². The van der Waals surface area contributed by atoms with Crippen molar-refractivity contribution >= 4 is 21.6 Å². The maximum absolute atomic E-state index is 13.3. The number of carbonyl (C=O) groups excluding carboxylic acids is 1. The zero-order valence-electron chi connectivity index (χ0n) is 20.9.